The second-order valence-corrected chi connectivity index (χ2v) is 18.0. The van der Waals surface area contributed by atoms with Crippen LogP contribution in [-0.2, 0) is 27.5 Å². The van der Waals surface area contributed by atoms with E-state index in [1.807, 2.05) is 65.6 Å². The number of aliphatic hydroxyl groups excluding tert-OH is 2. The molecule has 8 rings (SSSR count). The number of carbonyl (C=O) groups is 1. The van der Waals surface area contributed by atoms with Crippen molar-refractivity contribution in [2.24, 2.45) is 28.8 Å². The maximum atomic E-state index is 15.3. The van der Waals surface area contributed by atoms with Crippen molar-refractivity contribution in [3.8, 4) is 23.0 Å². The Balaban J connectivity index is 1.31. The molecular formula is C53H66N2O9. The van der Waals surface area contributed by atoms with Gasteiger partial charge < -0.3 is 43.6 Å². The molecule has 6 atom stereocenters. The van der Waals surface area contributed by atoms with E-state index < -0.39 is 17.7 Å². The number of hydrogen-bond donors (Lipinski definition) is 2. The van der Waals surface area contributed by atoms with Gasteiger partial charge in [-0.1, -0.05) is 105 Å². The Hall–Kier alpha value is -5.10. The van der Waals surface area contributed by atoms with Crippen LogP contribution in [0.5, 0.6) is 23.0 Å². The van der Waals surface area contributed by atoms with E-state index in [2.05, 4.69) is 25.3 Å². The summed E-state index contributed by atoms with van der Waals surface area (Å²) in [6, 6.07) is 21.3. The summed E-state index contributed by atoms with van der Waals surface area (Å²) in [6.45, 7) is 9.48. The van der Waals surface area contributed by atoms with Gasteiger partial charge in [0.25, 0.3) is 0 Å². The van der Waals surface area contributed by atoms with Crippen molar-refractivity contribution >= 4 is 11.6 Å². The van der Waals surface area contributed by atoms with Gasteiger partial charge in [0.2, 0.25) is 18.5 Å². The summed E-state index contributed by atoms with van der Waals surface area (Å²) < 4.78 is 32.5. The maximum absolute atomic E-state index is 15.3. The van der Waals surface area contributed by atoms with Crippen LogP contribution in [0.15, 0.2) is 109 Å². The number of fused-ring (bicyclic) bond motifs is 3. The molecule has 2 aliphatic heterocycles. The van der Waals surface area contributed by atoms with Crippen LogP contribution >= 0.6 is 0 Å². The molecule has 6 unspecified atom stereocenters. The third kappa shape index (κ3) is 10.1. The van der Waals surface area contributed by atoms with E-state index in [9.17, 15) is 10.2 Å². The van der Waals surface area contributed by atoms with Crippen molar-refractivity contribution in [1.29, 1.82) is 0 Å². The van der Waals surface area contributed by atoms with Gasteiger partial charge in [-0.3, -0.25) is 4.79 Å². The first-order valence-electron chi connectivity index (χ1n) is 23.6. The zero-order valence-electron chi connectivity index (χ0n) is 37.2. The average molecular weight is 875 g/mol. The van der Waals surface area contributed by atoms with Gasteiger partial charge in [0.15, 0.2) is 11.5 Å². The first-order valence-corrected chi connectivity index (χ1v) is 23.6. The highest BCUT2D eigenvalue weighted by Gasteiger charge is 2.65. The highest BCUT2D eigenvalue weighted by atomic mass is 16.7. The summed E-state index contributed by atoms with van der Waals surface area (Å²) in [5.74, 6) is 1.52. The molecule has 2 fully saturated rings. The van der Waals surface area contributed by atoms with Gasteiger partial charge in [0, 0.05) is 44.1 Å². The summed E-state index contributed by atoms with van der Waals surface area (Å²) >= 11 is 0. The van der Waals surface area contributed by atoms with Gasteiger partial charge in [-0.25, -0.2) is 0 Å². The van der Waals surface area contributed by atoms with Crippen molar-refractivity contribution in [2.45, 2.75) is 114 Å². The number of allylic oxidation sites excluding steroid dienone is 1. The van der Waals surface area contributed by atoms with Crippen molar-refractivity contribution in [2.75, 3.05) is 33.2 Å². The Bertz CT molecular complexity index is 2120. The summed E-state index contributed by atoms with van der Waals surface area (Å²) in [7, 11) is 0. The number of amides is 1. The second-order valence-electron chi connectivity index (χ2n) is 18.0. The minimum atomic E-state index is -1.37. The second kappa shape index (κ2) is 21.7. The SMILES string of the molecule is C=CCOc1ccc2c(c1)C1C(CCCCO)C(CCCCO)C=C3C(=NOCc4ccccc4)CC(N(Cc4ccc5c(c4)OCO5)C(=O)CCC4CCCC4)C(OCC=C)(O2)C31. The minimum Gasteiger partial charge on any atom is -0.490 e. The lowest BCUT2D eigenvalue weighted by Crippen LogP contribution is -2.70. The van der Waals surface area contributed by atoms with Crippen LogP contribution in [0, 0.1) is 23.7 Å². The lowest BCUT2D eigenvalue weighted by Gasteiger charge is -2.60. The van der Waals surface area contributed by atoms with Crippen LogP contribution in [0.3, 0.4) is 0 Å². The number of unbranched alkanes of at least 4 members (excludes halogenated alkanes) is 2. The third-order valence-corrected chi connectivity index (χ3v) is 14.0. The molecule has 11 heteroatoms. The van der Waals surface area contributed by atoms with Crippen molar-refractivity contribution in [1.82, 2.24) is 4.90 Å². The van der Waals surface area contributed by atoms with Gasteiger partial charge in [0.1, 0.15) is 30.8 Å². The lowest BCUT2D eigenvalue weighted by atomic mass is 9.55. The normalized spacial score (nSPS) is 24.9. The Kier molecular flexibility index (Phi) is 15.4. The Morgan fingerprint density at radius 2 is 1.62 bits per heavy atom. The minimum absolute atomic E-state index is 0.0319. The molecule has 0 saturated heterocycles. The predicted molar refractivity (Wildman–Crippen MR) is 246 cm³/mol. The van der Waals surface area contributed by atoms with Crippen LogP contribution in [0.2, 0.25) is 0 Å². The first-order chi connectivity index (χ1) is 31.5. The van der Waals surface area contributed by atoms with E-state index in [0.29, 0.717) is 61.2 Å². The molecule has 2 heterocycles. The van der Waals surface area contributed by atoms with E-state index in [4.69, 9.17) is 33.7 Å². The Morgan fingerprint density at radius 3 is 2.41 bits per heavy atom. The third-order valence-electron chi connectivity index (χ3n) is 14.0. The number of hydrogen-bond acceptors (Lipinski definition) is 10. The van der Waals surface area contributed by atoms with Gasteiger partial charge in [-0.05, 0) is 96.9 Å². The number of aliphatic hydroxyl groups is 2. The molecule has 3 aliphatic carbocycles. The summed E-state index contributed by atoms with van der Waals surface area (Å²) in [5.41, 5.74) is 4.67. The number of ether oxygens (including phenoxy) is 5. The van der Waals surface area contributed by atoms with E-state index >= 15 is 4.79 Å². The lowest BCUT2D eigenvalue weighted by molar-refractivity contribution is -0.258. The molecule has 0 bridgehead atoms. The zero-order chi connectivity index (χ0) is 44.3. The molecule has 1 amide bonds. The highest BCUT2D eigenvalue weighted by molar-refractivity contribution is 6.03. The largest absolute Gasteiger partial charge is 0.490 e. The van der Waals surface area contributed by atoms with E-state index in [0.717, 1.165) is 72.9 Å². The van der Waals surface area contributed by atoms with E-state index in [1.54, 1.807) is 12.2 Å². The molecule has 0 spiro atoms. The van der Waals surface area contributed by atoms with Crippen LogP contribution in [-0.4, -0.2) is 71.8 Å². The van der Waals surface area contributed by atoms with Crippen molar-refractivity contribution in [3.05, 3.63) is 120 Å². The summed E-state index contributed by atoms with van der Waals surface area (Å²) in [6.07, 6.45) is 16.9. The van der Waals surface area contributed by atoms with E-state index in [1.165, 1.54) is 12.8 Å². The molecule has 2 saturated carbocycles. The Morgan fingerprint density at radius 1 is 0.859 bits per heavy atom. The van der Waals surface area contributed by atoms with Gasteiger partial charge in [0.05, 0.1) is 18.2 Å². The number of nitrogens with zero attached hydrogens (tertiary/aromatic N) is 2. The predicted octanol–water partition coefficient (Wildman–Crippen LogP) is 9.81. The topological polar surface area (TPSA) is 129 Å². The summed E-state index contributed by atoms with van der Waals surface area (Å²) in [5, 5.41) is 25.0. The quantitative estimate of drug-likeness (QED) is 0.0544. The molecule has 3 aromatic rings. The maximum Gasteiger partial charge on any atom is 0.239 e. The standard InChI is InChI=1S/C53H66N2O9/c1-3-28-59-41-22-24-46-44(32-41)51-42(19-11-13-27-57)40(18-10-12-26-56)31-43-45(54-63-35-38-16-6-5-7-17-38)33-49(53(64-46,52(43)51)62-29-4-2)55(50(58)25-21-37-14-8-9-15-37)34-39-20-23-47-48(30-39)61-36-60-47/h3-7,16-17,20,22-24,30-32,37,40,42,49,51-52,56-57H,1-2,8-15,18-19,21,25-29,33-36H2. The molecule has 64 heavy (non-hydrogen) atoms. The van der Waals surface area contributed by atoms with Crippen LogP contribution < -0.4 is 18.9 Å². The molecule has 342 valence electrons. The smallest absolute Gasteiger partial charge is 0.239 e. The fourth-order valence-electron chi connectivity index (χ4n) is 11.0. The van der Waals surface area contributed by atoms with Crippen LogP contribution in [0.4, 0.5) is 0 Å². The van der Waals surface area contributed by atoms with Crippen LogP contribution in [0.25, 0.3) is 0 Å². The first kappa shape index (κ1) is 45.5. The Labute approximate surface area is 378 Å². The average Bonchev–Trinajstić information content (AvgIpc) is 4.03. The van der Waals surface area contributed by atoms with Gasteiger partial charge in [-0.15, -0.1) is 6.58 Å². The van der Waals surface area contributed by atoms with Gasteiger partial charge in [-0.2, -0.15) is 0 Å². The van der Waals surface area contributed by atoms with Crippen molar-refractivity contribution < 1.29 is 43.5 Å². The van der Waals surface area contributed by atoms with E-state index in [-0.39, 0.29) is 63.4 Å². The number of benzene rings is 3. The molecule has 3 aromatic carbocycles. The summed E-state index contributed by atoms with van der Waals surface area (Å²) in [4.78, 5) is 23.6. The molecular weight excluding hydrogens is 809 g/mol. The van der Waals surface area contributed by atoms with Gasteiger partial charge >= 0.3 is 0 Å². The van der Waals surface area contributed by atoms with Crippen LogP contribution in [0.1, 0.15) is 106 Å². The highest BCUT2D eigenvalue weighted by Crippen LogP contribution is 2.62. The molecule has 11 nitrogen and oxygen atoms in total. The number of oxime groups is 1. The molecule has 5 aliphatic rings. The zero-order valence-corrected chi connectivity index (χ0v) is 37.2. The number of rotatable bonds is 23. The molecule has 0 aromatic heterocycles. The molecule has 2 N–H and O–H groups in total. The van der Waals surface area contributed by atoms with Crippen molar-refractivity contribution in [3.63, 3.8) is 0 Å². The molecule has 0 radical (unpaired) electrons. The fraction of sp³-hybridized carbons (Fsp3) is 0.509. The monoisotopic (exact) mass is 874 g/mol. The number of carbonyl (C=O) groups excluding carboxylic acids is 1. The fourth-order valence-corrected chi connectivity index (χ4v) is 11.0.